The molecule has 0 amide bonds. The molecule has 1 rings (SSSR count). The molecule has 0 fully saturated rings. The summed E-state index contributed by atoms with van der Waals surface area (Å²) in [7, 11) is 0. The standard InChI is InChI=1S/C14H21BrIN/c1-4-17-14(8-5-10(2)3)12-9-11(15)6-7-13(12)16/h6-7,9-10,14,17H,4-5,8H2,1-3H3. The molecule has 0 saturated carbocycles. The van der Waals surface area contributed by atoms with Gasteiger partial charge in [-0.3, -0.25) is 0 Å². The molecule has 1 N–H and O–H groups in total. The summed E-state index contributed by atoms with van der Waals surface area (Å²) in [6.45, 7) is 7.77. The van der Waals surface area contributed by atoms with E-state index in [1.807, 2.05) is 0 Å². The highest BCUT2D eigenvalue weighted by Gasteiger charge is 2.14. The summed E-state index contributed by atoms with van der Waals surface area (Å²) in [5.74, 6) is 0.765. The van der Waals surface area contributed by atoms with Gasteiger partial charge in [0.2, 0.25) is 0 Å². The fourth-order valence-electron chi connectivity index (χ4n) is 1.90. The molecular weight excluding hydrogens is 389 g/mol. The largest absolute Gasteiger partial charge is 0.310 e. The van der Waals surface area contributed by atoms with Gasteiger partial charge >= 0.3 is 0 Å². The number of halogens is 2. The lowest BCUT2D eigenvalue weighted by Crippen LogP contribution is -2.22. The Morgan fingerprint density at radius 2 is 2.00 bits per heavy atom. The zero-order valence-electron chi connectivity index (χ0n) is 10.8. The van der Waals surface area contributed by atoms with E-state index in [1.54, 1.807) is 0 Å². The van der Waals surface area contributed by atoms with Crippen molar-refractivity contribution in [3.63, 3.8) is 0 Å². The molecule has 0 aliphatic heterocycles. The predicted molar refractivity (Wildman–Crippen MR) is 87.3 cm³/mol. The lowest BCUT2D eigenvalue weighted by Gasteiger charge is -2.21. The van der Waals surface area contributed by atoms with E-state index in [4.69, 9.17) is 0 Å². The molecule has 1 aromatic rings. The summed E-state index contributed by atoms with van der Waals surface area (Å²) >= 11 is 5.99. The molecule has 0 aliphatic carbocycles. The maximum atomic E-state index is 3.60. The summed E-state index contributed by atoms with van der Waals surface area (Å²) < 4.78 is 2.51. The van der Waals surface area contributed by atoms with Gasteiger partial charge in [0.05, 0.1) is 0 Å². The maximum Gasteiger partial charge on any atom is 0.0331 e. The van der Waals surface area contributed by atoms with Gasteiger partial charge in [-0.1, -0.05) is 36.7 Å². The Balaban J connectivity index is 2.84. The van der Waals surface area contributed by atoms with Gasteiger partial charge in [-0.05, 0) is 71.7 Å². The van der Waals surface area contributed by atoms with Gasteiger partial charge in [-0.2, -0.15) is 0 Å². The van der Waals surface area contributed by atoms with Gasteiger partial charge < -0.3 is 5.32 Å². The van der Waals surface area contributed by atoms with Crippen molar-refractivity contribution in [1.29, 1.82) is 0 Å². The van der Waals surface area contributed by atoms with Crippen LogP contribution < -0.4 is 5.32 Å². The minimum Gasteiger partial charge on any atom is -0.310 e. The molecule has 1 atom stereocenters. The summed E-state index contributed by atoms with van der Waals surface area (Å²) in [6.07, 6.45) is 2.47. The van der Waals surface area contributed by atoms with Crippen molar-refractivity contribution >= 4 is 38.5 Å². The van der Waals surface area contributed by atoms with Gasteiger partial charge in [-0.15, -0.1) is 0 Å². The third-order valence-electron chi connectivity index (χ3n) is 2.82. The molecule has 0 radical (unpaired) electrons. The number of rotatable bonds is 6. The van der Waals surface area contributed by atoms with Crippen LogP contribution in [-0.4, -0.2) is 6.54 Å². The van der Waals surface area contributed by atoms with Crippen LogP contribution in [0.1, 0.15) is 45.2 Å². The molecule has 1 aromatic carbocycles. The average Bonchev–Trinajstić information content (AvgIpc) is 2.27. The van der Waals surface area contributed by atoms with Gasteiger partial charge in [0.15, 0.2) is 0 Å². The molecular formula is C14H21BrIN. The first-order valence-electron chi connectivity index (χ1n) is 6.23. The topological polar surface area (TPSA) is 12.0 Å². The fraction of sp³-hybridized carbons (Fsp3) is 0.571. The summed E-state index contributed by atoms with van der Waals surface area (Å²) in [4.78, 5) is 0. The van der Waals surface area contributed by atoms with Crippen LogP contribution in [0.4, 0.5) is 0 Å². The summed E-state index contributed by atoms with van der Waals surface area (Å²) in [5.41, 5.74) is 1.42. The Hall–Kier alpha value is 0.390. The highest BCUT2D eigenvalue weighted by atomic mass is 127. The Morgan fingerprint density at radius 1 is 1.29 bits per heavy atom. The van der Waals surface area contributed by atoms with Crippen molar-refractivity contribution in [3.05, 3.63) is 31.8 Å². The zero-order chi connectivity index (χ0) is 12.8. The van der Waals surface area contributed by atoms with Gasteiger partial charge in [0, 0.05) is 14.1 Å². The minimum absolute atomic E-state index is 0.479. The second-order valence-electron chi connectivity index (χ2n) is 4.75. The van der Waals surface area contributed by atoms with Crippen molar-refractivity contribution in [2.75, 3.05) is 6.54 Å². The fourth-order valence-corrected chi connectivity index (χ4v) is 2.99. The first kappa shape index (κ1) is 15.4. The van der Waals surface area contributed by atoms with Crippen molar-refractivity contribution in [2.24, 2.45) is 5.92 Å². The number of benzene rings is 1. The molecule has 1 nitrogen and oxygen atoms in total. The van der Waals surface area contributed by atoms with Crippen molar-refractivity contribution < 1.29 is 0 Å². The van der Waals surface area contributed by atoms with Crippen LogP contribution in [0.5, 0.6) is 0 Å². The lowest BCUT2D eigenvalue weighted by atomic mass is 9.97. The molecule has 0 bridgehead atoms. The van der Waals surface area contributed by atoms with Crippen LogP contribution in [0.15, 0.2) is 22.7 Å². The predicted octanol–water partition coefficient (Wildman–Crippen LogP) is 5.14. The molecule has 0 aliphatic rings. The van der Waals surface area contributed by atoms with E-state index < -0.39 is 0 Å². The smallest absolute Gasteiger partial charge is 0.0331 e. The van der Waals surface area contributed by atoms with Crippen LogP contribution in [0.3, 0.4) is 0 Å². The second-order valence-corrected chi connectivity index (χ2v) is 6.83. The van der Waals surface area contributed by atoms with Gasteiger partial charge in [-0.25, -0.2) is 0 Å². The quantitative estimate of drug-likeness (QED) is 0.641. The second kappa shape index (κ2) is 7.74. The summed E-state index contributed by atoms with van der Waals surface area (Å²) in [6, 6.07) is 7.01. The highest BCUT2D eigenvalue weighted by Crippen LogP contribution is 2.28. The molecule has 1 unspecified atom stereocenters. The van der Waals surface area contributed by atoms with Crippen LogP contribution in [-0.2, 0) is 0 Å². The van der Waals surface area contributed by atoms with Gasteiger partial charge in [0.1, 0.15) is 0 Å². The number of hydrogen-bond acceptors (Lipinski definition) is 1. The molecule has 0 spiro atoms. The van der Waals surface area contributed by atoms with Crippen LogP contribution in [0, 0.1) is 9.49 Å². The van der Waals surface area contributed by atoms with Crippen molar-refractivity contribution in [1.82, 2.24) is 5.32 Å². The van der Waals surface area contributed by atoms with Crippen molar-refractivity contribution in [2.45, 2.75) is 39.7 Å². The number of hydrogen-bond donors (Lipinski definition) is 1. The highest BCUT2D eigenvalue weighted by molar-refractivity contribution is 14.1. The molecule has 0 heterocycles. The van der Waals surface area contributed by atoms with E-state index in [9.17, 15) is 0 Å². The Kier molecular flexibility index (Phi) is 7.04. The zero-order valence-corrected chi connectivity index (χ0v) is 14.5. The average molecular weight is 410 g/mol. The molecule has 17 heavy (non-hydrogen) atoms. The third kappa shape index (κ3) is 5.26. The van der Waals surface area contributed by atoms with E-state index in [0.717, 1.165) is 12.5 Å². The first-order valence-corrected chi connectivity index (χ1v) is 8.10. The number of nitrogens with one attached hydrogen (secondary N) is 1. The Labute approximate surface area is 127 Å². The van der Waals surface area contributed by atoms with E-state index in [-0.39, 0.29) is 0 Å². The Morgan fingerprint density at radius 3 is 2.59 bits per heavy atom. The maximum absolute atomic E-state index is 3.60. The first-order chi connectivity index (χ1) is 8.04. The molecule has 3 heteroatoms. The van der Waals surface area contributed by atoms with Crippen LogP contribution in [0.2, 0.25) is 0 Å². The SMILES string of the molecule is CCNC(CCC(C)C)c1cc(Br)ccc1I. The Bertz CT molecular complexity index is 352. The van der Waals surface area contributed by atoms with E-state index in [1.165, 1.54) is 26.4 Å². The van der Waals surface area contributed by atoms with Crippen molar-refractivity contribution in [3.8, 4) is 0 Å². The molecule has 96 valence electrons. The van der Waals surface area contributed by atoms with E-state index in [2.05, 4.69) is 82.8 Å². The lowest BCUT2D eigenvalue weighted by molar-refractivity contribution is 0.447. The van der Waals surface area contributed by atoms with Crippen LogP contribution >= 0.6 is 38.5 Å². The van der Waals surface area contributed by atoms with Crippen LogP contribution in [0.25, 0.3) is 0 Å². The third-order valence-corrected chi connectivity index (χ3v) is 4.29. The monoisotopic (exact) mass is 409 g/mol. The van der Waals surface area contributed by atoms with Gasteiger partial charge in [0.25, 0.3) is 0 Å². The van der Waals surface area contributed by atoms with E-state index in [0.29, 0.717) is 6.04 Å². The van der Waals surface area contributed by atoms with E-state index >= 15 is 0 Å². The normalized spacial score (nSPS) is 13.1. The summed E-state index contributed by atoms with van der Waals surface area (Å²) in [5, 5.41) is 3.60. The minimum atomic E-state index is 0.479. The molecule has 0 aromatic heterocycles. The molecule has 0 saturated heterocycles.